The van der Waals surface area contributed by atoms with E-state index in [-0.39, 0.29) is 17.9 Å². The summed E-state index contributed by atoms with van der Waals surface area (Å²) in [7, 11) is 3.27. The predicted molar refractivity (Wildman–Crippen MR) is 130 cm³/mol. The number of benzene rings is 2. The van der Waals surface area contributed by atoms with Gasteiger partial charge in [0.2, 0.25) is 11.8 Å². The monoisotopic (exact) mass is 466 g/mol. The first-order chi connectivity index (χ1) is 16.5. The van der Waals surface area contributed by atoms with Crippen molar-refractivity contribution in [3.63, 3.8) is 0 Å². The Balaban J connectivity index is 1.34. The summed E-state index contributed by atoms with van der Waals surface area (Å²) >= 11 is 0. The lowest BCUT2D eigenvalue weighted by Gasteiger charge is -2.34. The molecule has 1 aliphatic carbocycles. The minimum Gasteiger partial charge on any atom is -0.497 e. The number of nitrogens with one attached hydrogen (secondary N) is 2. The molecule has 1 aliphatic heterocycles. The van der Waals surface area contributed by atoms with Gasteiger partial charge in [-0.1, -0.05) is 24.3 Å². The molecule has 0 bridgehead atoms. The topological polar surface area (TPSA) is 83.1 Å². The molecule has 2 amide bonds. The highest BCUT2D eigenvalue weighted by atomic mass is 16.5. The van der Waals surface area contributed by atoms with E-state index in [1.165, 1.54) is 0 Å². The summed E-state index contributed by atoms with van der Waals surface area (Å²) in [5.74, 6) is 1.62. The van der Waals surface area contributed by atoms with Crippen LogP contribution < -0.4 is 20.1 Å². The van der Waals surface area contributed by atoms with Crippen molar-refractivity contribution in [3.8, 4) is 11.5 Å². The van der Waals surface area contributed by atoms with Crippen LogP contribution in [0.1, 0.15) is 30.0 Å². The van der Waals surface area contributed by atoms with Crippen LogP contribution in [0.2, 0.25) is 0 Å². The summed E-state index contributed by atoms with van der Waals surface area (Å²) < 4.78 is 10.6. The number of ether oxygens (including phenoxy) is 2. The highest BCUT2D eigenvalue weighted by Gasteiger charge is 2.26. The van der Waals surface area contributed by atoms with Crippen LogP contribution in [0.3, 0.4) is 0 Å². The molecule has 0 radical (unpaired) electrons. The van der Waals surface area contributed by atoms with Crippen LogP contribution in [0.25, 0.3) is 0 Å². The van der Waals surface area contributed by atoms with Crippen LogP contribution in [-0.2, 0) is 9.59 Å². The molecule has 2 aliphatic rings. The molecule has 1 saturated heterocycles. The molecule has 0 unspecified atom stereocenters. The smallest absolute Gasteiger partial charge is 0.234 e. The normalized spacial score (nSPS) is 16.8. The van der Waals surface area contributed by atoms with Crippen molar-refractivity contribution < 1.29 is 19.1 Å². The van der Waals surface area contributed by atoms with Crippen molar-refractivity contribution in [3.05, 3.63) is 59.7 Å². The average Bonchev–Trinajstić information content (AvgIpc) is 3.68. The Labute approximate surface area is 201 Å². The van der Waals surface area contributed by atoms with E-state index in [1.807, 2.05) is 48.5 Å². The molecular formula is C26H34N4O4. The fourth-order valence-corrected chi connectivity index (χ4v) is 4.17. The molecule has 8 heteroatoms. The second kappa shape index (κ2) is 11.4. The average molecular weight is 467 g/mol. The number of hydrogen-bond acceptors (Lipinski definition) is 6. The summed E-state index contributed by atoms with van der Waals surface area (Å²) in [6.45, 7) is 3.86. The molecule has 1 saturated carbocycles. The first kappa shape index (κ1) is 24.0. The minimum atomic E-state index is -0.281. The predicted octanol–water partition coefficient (Wildman–Crippen LogP) is 1.81. The molecule has 2 N–H and O–H groups in total. The third-order valence-corrected chi connectivity index (χ3v) is 6.35. The van der Waals surface area contributed by atoms with Gasteiger partial charge in [-0.05, 0) is 48.2 Å². The van der Waals surface area contributed by atoms with Crippen molar-refractivity contribution in [1.29, 1.82) is 0 Å². The highest BCUT2D eigenvalue weighted by molar-refractivity contribution is 5.79. The van der Waals surface area contributed by atoms with Gasteiger partial charge >= 0.3 is 0 Å². The molecule has 8 nitrogen and oxygen atoms in total. The zero-order valence-corrected chi connectivity index (χ0v) is 20.0. The van der Waals surface area contributed by atoms with Crippen molar-refractivity contribution in [2.75, 3.05) is 53.5 Å². The summed E-state index contributed by atoms with van der Waals surface area (Å²) in [6, 6.07) is 15.6. The number of piperazine rings is 1. The largest absolute Gasteiger partial charge is 0.497 e. The van der Waals surface area contributed by atoms with Gasteiger partial charge in [0.05, 0.1) is 33.4 Å². The van der Waals surface area contributed by atoms with Gasteiger partial charge in [0.15, 0.2) is 0 Å². The zero-order chi connectivity index (χ0) is 23.9. The Hall–Kier alpha value is -3.10. The van der Waals surface area contributed by atoms with Crippen molar-refractivity contribution in [2.24, 2.45) is 0 Å². The molecule has 1 heterocycles. The lowest BCUT2D eigenvalue weighted by atomic mass is 9.98. The maximum absolute atomic E-state index is 13.0. The Morgan fingerprint density at radius 3 is 1.65 bits per heavy atom. The summed E-state index contributed by atoms with van der Waals surface area (Å²) in [5, 5.41) is 6.24. The molecule has 2 aromatic rings. The lowest BCUT2D eigenvalue weighted by Crippen LogP contribution is -2.51. The van der Waals surface area contributed by atoms with E-state index < -0.39 is 0 Å². The van der Waals surface area contributed by atoms with Gasteiger partial charge in [0, 0.05) is 32.2 Å². The van der Waals surface area contributed by atoms with Crippen LogP contribution in [0.15, 0.2) is 48.5 Å². The van der Waals surface area contributed by atoms with Gasteiger partial charge in [-0.15, -0.1) is 0 Å². The fraction of sp³-hybridized carbons (Fsp3) is 0.462. The lowest BCUT2D eigenvalue weighted by molar-refractivity contribution is -0.125. The fourth-order valence-electron chi connectivity index (χ4n) is 4.17. The van der Waals surface area contributed by atoms with Crippen molar-refractivity contribution in [1.82, 2.24) is 20.4 Å². The van der Waals surface area contributed by atoms with Crippen LogP contribution in [0, 0.1) is 0 Å². The number of nitrogens with zero attached hydrogens (tertiary/aromatic N) is 2. The standard InChI is InChI=1S/C26H34N4O4/c1-33-22-9-3-19(4-10-22)26(20-5-11-23(34-2)12-6-20)28-25(32)18-30-15-13-29(14-16-30)17-24(31)27-21-7-8-21/h3-6,9-12,21,26H,7-8,13-18H2,1-2H3,(H,27,31)(H,28,32). The first-order valence-electron chi connectivity index (χ1n) is 11.9. The molecular weight excluding hydrogens is 432 g/mol. The maximum Gasteiger partial charge on any atom is 0.234 e. The van der Waals surface area contributed by atoms with E-state index in [0.29, 0.717) is 19.1 Å². The molecule has 2 fully saturated rings. The zero-order valence-electron chi connectivity index (χ0n) is 20.0. The molecule has 4 rings (SSSR count). The molecule has 0 atom stereocenters. The minimum absolute atomic E-state index is 0.0310. The summed E-state index contributed by atoms with van der Waals surface area (Å²) in [4.78, 5) is 29.4. The van der Waals surface area contributed by atoms with Crippen molar-refractivity contribution in [2.45, 2.75) is 24.9 Å². The van der Waals surface area contributed by atoms with Crippen LogP contribution in [0.4, 0.5) is 0 Å². The number of carbonyl (C=O) groups excluding carboxylic acids is 2. The maximum atomic E-state index is 13.0. The Morgan fingerprint density at radius 1 is 0.794 bits per heavy atom. The van der Waals surface area contributed by atoms with Gasteiger partial charge in [0.25, 0.3) is 0 Å². The molecule has 182 valence electrons. The molecule has 0 aromatic heterocycles. The molecule has 34 heavy (non-hydrogen) atoms. The summed E-state index contributed by atoms with van der Waals surface area (Å²) in [5.41, 5.74) is 1.96. The number of hydrogen-bond donors (Lipinski definition) is 2. The highest BCUT2D eigenvalue weighted by Crippen LogP contribution is 2.26. The quantitative estimate of drug-likeness (QED) is 0.556. The SMILES string of the molecule is COc1ccc(C(NC(=O)CN2CCN(CC(=O)NC3CC3)CC2)c2ccc(OC)cc2)cc1. The first-order valence-corrected chi connectivity index (χ1v) is 11.9. The van der Waals surface area contributed by atoms with Crippen LogP contribution in [-0.4, -0.2) is 81.1 Å². The third-order valence-electron chi connectivity index (χ3n) is 6.35. The van der Waals surface area contributed by atoms with Gasteiger partial charge in [-0.3, -0.25) is 19.4 Å². The van der Waals surface area contributed by atoms with E-state index in [1.54, 1.807) is 14.2 Å². The number of rotatable bonds is 10. The third kappa shape index (κ3) is 6.71. The van der Waals surface area contributed by atoms with E-state index in [0.717, 1.165) is 61.6 Å². The molecule has 0 spiro atoms. The number of methoxy groups -OCH3 is 2. The summed E-state index contributed by atoms with van der Waals surface area (Å²) in [6.07, 6.45) is 2.20. The number of carbonyl (C=O) groups is 2. The van der Waals surface area contributed by atoms with Crippen LogP contribution >= 0.6 is 0 Å². The van der Waals surface area contributed by atoms with Crippen LogP contribution in [0.5, 0.6) is 11.5 Å². The second-order valence-electron chi connectivity index (χ2n) is 8.94. The number of amides is 2. The Bertz CT molecular complexity index is 904. The molecule has 2 aromatic carbocycles. The van der Waals surface area contributed by atoms with Gasteiger partial charge in [-0.2, -0.15) is 0 Å². The van der Waals surface area contributed by atoms with Gasteiger partial charge < -0.3 is 20.1 Å². The van der Waals surface area contributed by atoms with Crippen molar-refractivity contribution >= 4 is 11.8 Å². The second-order valence-corrected chi connectivity index (χ2v) is 8.94. The van der Waals surface area contributed by atoms with Gasteiger partial charge in [0.1, 0.15) is 11.5 Å². The van der Waals surface area contributed by atoms with E-state index in [9.17, 15) is 9.59 Å². The van der Waals surface area contributed by atoms with E-state index >= 15 is 0 Å². The van der Waals surface area contributed by atoms with E-state index in [4.69, 9.17) is 9.47 Å². The Morgan fingerprint density at radius 2 is 1.24 bits per heavy atom. The Kier molecular flexibility index (Phi) is 8.03. The van der Waals surface area contributed by atoms with Gasteiger partial charge in [-0.25, -0.2) is 0 Å². The van der Waals surface area contributed by atoms with E-state index in [2.05, 4.69) is 20.4 Å².